The minimum absolute atomic E-state index is 0.722. The number of nitrogens with zero attached hydrogens (tertiary/aromatic N) is 2. The van der Waals surface area contributed by atoms with E-state index in [1.165, 1.54) is 5.56 Å². The predicted molar refractivity (Wildman–Crippen MR) is 72.9 cm³/mol. The largest absolute Gasteiger partial charge is 0.241 e. The van der Waals surface area contributed by atoms with E-state index >= 15 is 0 Å². The number of fused-ring (bicyclic) bond motifs is 3. The number of hydrogen-bond acceptors (Lipinski definition) is 2. The van der Waals surface area contributed by atoms with Crippen molar-refractivity contribution in [2.45, 2.75) is 13.8 Å². The van der Waals surface area contributed by atoms with Crippen LogP contribution >= 0.6 is 11.3 Å². The zero-order chi connectivity index (χ0) is 12.0. The van der Waals surface area contributed by atoms with Gasteiger partial charge in [-0.3, -0.25) is 0 Å². The molecule has 0 fully saturated rings. The van der Waals surface area contributed by atoms with Crippen LogP contribution in [0.15, 0.2) is 24.3 Å². The van der Waals surface area contributed by atoms with Crippen LogP contribution in [-0.4, -0.2) is 4.98 Å². The Hall–Kier alpha value is -1.92. The summed E-state index contributed by atoms with van der Waals surface area (Å²) in [5.41, 5.74) is 2.94. The molecule has 0 aliphatic rings. The average Bonchev–Trinajstić information content (AvgIpc) is 2.68. The van der Waals surface area contributed by atoms with Gasteiger partial charge in [-0.05, 0) is 30.9 Å². The van der Waals surface area contributed by atoms with Crippen LogP contribution in [0.1, 0.15) is 10.6 Å². The molecule has 17 heavy (non-hydrogen) atoms. The van der Waals surface area contributed by atoms with Gasteiger partial charge in [0, 0.05) is 10.1 Å². The lowest BCUT2D eigenvalue weighted by molar-refractivity contribution is 1.35. The molecule has 0 aliphatic heterocycles. The van der Waals surface area contributed by atoms with Gasteiger partial charge in [-0.1, -0.05) is 18.2 Å². The van der Waals surface area contributed by atoms with Gasteiger partial charge in [0.05, 0.1) is 17.1 Å². The van der Waals surface area contributed by atoms with Crippen LogP contribution in [0.5, 0.6) is 0 Å². The van der Waals surface area contributed by atoms with Gasteiger partial charge >= 0.3 is 0 Å². The summed E-state index contributed by atoms with van der Waals surface area (Å²) in [5, 5.41) is 3.19. The third-order valence-electron chi connectivity index (χ3n) is 2.93. The molecule has 0 saturated heterocycles. The van der Waals surface area contributed by atoms with Crippen LogP contribution in [0.4, 0.5) is 5.69 Å². The van der Waals surface area contributed by atoms with Crippen molar-refractivity contribution in [3.8, 4) is 0 Å². The van der Waals surface area contributed by atoms with Gasteiger partial charge in [0.15, 0.2) is 5.69 Å². The number of aryl methyl sites for hydroxylation is 2. The van der Waals surface area contributed by atoms with Crippen molar-refractivity contribution in [3.05, 3.63) is 46.3 Å². The summed E-state index contributed by atoms with van der Waals surface area (Å²) in [7, 11) is 0. The second kappa shape index (κ2) is 3.54. The molecule has 0 spiro atoms. The fourth-order valence-electron chi connectivity index (χ4n) is 2.21. The molecule has 1 heterocycles. The highest BCUT2D eigenvalue weighted by Crippen LogP contribution is 2.37. The summed E-state index contributed by atoms with van der Waals surface area (Å²) >= 11 is 1.65. The average molecular weight is 238 g/mol. The van der Waals surface area contributed by atoms with Gasteiger partial charge in [-0.2, -0.15) is 0 Å². The molecule has 3 rings (SSSR count). The monoisotopic (exact) mass is 238 g/mol. The first-order chi connectivity index (χ1) is 8.20. The normalized spacial score (nSPS) is 10.9. The maximum absolute atomic E-state index is 7.29. The highest BCUT2D eigenvalue weighted by molar-refractivity contribution is 7.18. The summed E-state index contributed by atoms with van der Waals surface area (Å²) in [6.07, 6.45) is 0. The van der Waals surface area contributed by atoms with Crippen LogP contribution < -0.4 is 0 Å². The highest BCUT2D eigenvalue weighted by atomic mass is 32.1. The van der Waals surface area contributed by atoms with Gasteiger partial charge in [-0.15, -0.1) is 11.3 Å². The standard InChI is InChI=1S/C14H10N2S/c1-8-5-4-6-10-11(15-3)7-12-14(13(8)10)16-9(2)17-12/h4-7H,1-2H3. The second-order valence-corrected chi connectivity index (χ2v) is 5.32. The predicted octanol–water partition coefficient (Wildman–Crippen LogP) is 4.62. The molecule has 0 bridgehead atoms. The van der Waals surface area contributed by atoms with Gasteiger partial charge in [0.1, 0.15) is 0 Å². The lowest BCUT2D eigenvalue weighted by atomic mass is 10.0. The number of hydrogen-bond donors (Lipinski definition) is 0. The molecule has 0 atom stereocenters. The third-order valence-corrected chi connectivity index (χ3v) is 3.85. The molecule has 0 unspecified atom stereocenters. The fourth-order valence-corrected chi connectivity index (χ4v) is 3.08. The smallest absolute Gasteiger partial charge is 0.196 e. The summed E-state index contributed by atoms with van der Waals surface area (Å²) in [6.45, 7) is 11.4. The van der Waals surface area contributed by atoms with E-state index in [0.717, 1.165) is 31.7 Å². The third kappa shape index (κ3) is 1.42. The van der Waals surface area contributed by atoms with Crippen molar-refractivity contribution in [1.29, 1.82) is 0 Å². The minimum atomic E-state index is 0.722. The minimum Gasteiger partial charge on any atom is -0.241 e. The molecule has 0 aliphatic carbocycles. The zero-order valence-electron chi connectivity index (χ0n) is 9.61. The highest BCUT2D eigenvalue weighted by Gasteiger charge is 2.11. The van der Waals surface area contributed by atoms with Crippen molar-refractivity contribution >= 4 is 38.0 Å². The van der Waals surface area contributed by atoms with Crippen LogP contribution in [-0.2, 0) is 0 Å². The fraction of sp³-hybridized carbons (Fsp3) is 0.143. The number of rotatable bonds is 0. The van der Waals surface area contributed by atoms with Gasteiger partial charge in [0.2, 0.25) is 0 Å². The van der Waals surface area contributed by atoms with Crippen LogP contribution in [0, 0.1) is 20.4 Å². The second-order valence-electron chi connectivity index (χ2n) is 4.08. The van der Waals surface area contributed by atoms with Crippen molar-refractivity contribution in [1.82, 2.24) is 4.98 Å². The Morgan fingerprint density at radius 3 is 2.88 bits per heavy atom. The topological polar surface area (TPSA) is 17.2 Å². The van der Waals surface area contributed by atoms with E-state index < -0.39 is 0 Å². The van der Waals surface area contributed by atoms with E-state index in [0.29, 0.717) is 0 Å². The molecule has 2 nitrogen and oxygen atoms in total. The maximum Gasteiger partial charge on any atom is 0.196 e. The summed E-state index contributed by atoms with van der Waals surface area (Å²) < 4.78 is 1.11. The molecular formula is C14H10N2S. The Morgan fingerprint density at radius 1 is 1.29 bits per heavy atom. The summed E-state index contributed by atoms with van der Waals surface area (Å²) in [6, 6.07) is 8.03. The molecule has 3 heteroatoms. The van der Waals surface area contributed by atoms with Gasteiger partial charge < -0.3 is 0 Å². The van der Waals surface area contributed by atoms with Crippen LogP contribution in [0.3, 0.4) is 0 Å². The Balaban J connectivity index is 2.67. The van der Waals surface area contributed by atoms with Crippen LogP contribution in [0.2, 0.25) is 0 Å². The molecule has 1 aromatic heterocycles. The van der Waals surface area contributed by atoms with Crippen molar-refractivity contribution in [2.75, 3.05) is 0 Å². The van der Waals surface area contributed by atoms with Crippen molar-refractivity contribution < 1.29 is 0 Å². The SMILES string of the molecule is [C-]#[N+]c1cc2sc(C)nc2c2c(C)cccc12. The number of thiazole rings is 1. The van der Waals surface area contributed by atoms with E-state index in [4.69, 9.17) is 6.57 Å². The van der Waals surface area contributed by atoms with E-state index in [-0.39, 0.29) is 0 Å². The van der Waals surface area contributed by atoms with E-state index in [1.807, 2.05) is 25.1 Å². The van der Waals surface area contributed by atoms with E-state index in [9.17, 15) is 0 Å². The molecule has 0 saturated carbocycles. The van der Waals surface area contributed by atoms with E-state index in [1.54, 1.807) is 11.3 Å². The molecule has 3 aromatic rings. The molecule has 82 valence electrons. The molecule has 0 amide bonds. The Kier molecular flexibility index (Phi) is 2.13. The lowest BCUT2D eigenvalue weighted by Crippen LogP contribution is -1.81. The van der Waals surface area contributed by atoms with Gasteiger partial charge in [0.25, 0.3) is 0 Å². The molecular weight excluding hydrogens is 228 g/mol. The number of benzene rings is 2. The maximum atomic E-state index is 7.29. The van der Waals surface area contributed by atoms with Crippen LogP contribution in [0.25, 0.3) is 25.8 Å². The van der Waals surface area contributed by atoms with Crippen molar-refractivity contribution in [2.24, 2.45) is 0 Å². The lowest BCUT2D eigenvalue weighted by Gasteiger charge is -2.04. The zero-order valence-corrected chi connectivity index (χ0v) is 10.4. The first-order valence-electron chi connectivity index (χ1n) is 5.37. The Bertz CT molecular complexity index is 778. The molecule has 0 N–H and O–H groups in total. The first kappa shape index (κ1) is 10.2. The summed E-state index contributed by atoms with van der Waals surface area (Å²) in [4.78, 5) is 8.22. The number of aromatic nitrogens is 1. The molecule has 0 radical (unpaired) electrons. The molecule has 2 aromatic carbocycles. The summed E-state index contributed by atoms with van der Waals surface area (Å²) in [5.74, 6) is 0. The van der Waals surface area contributed by atoms with Gasteiger partial charge in [-0.25, -0.2) is 9.83 Å². The Morgan fingerprint density at radius 2 is 2.12 bits per heavy atom. The first-order valence-corrected chi connectivity index (χ1v) is 6.19. The Labute approximate surface area is 103 Å². The quantitative estimate of drug-likeness (QED) is 0.522. The van der Waals surface area contributed by atoms with E-state index in [2.05, 4.69) is 22.8 Å². The van der Waals surface area contributed by atoms with Crippen molar-refractivity contribution in [3.63, 3.8) is 0 Å².